The predicted molar refractivity (Wildman–Crippen MR) is 146 cm³/mol. The van der Waals surface area contributed by atoms with Crippen LogP contribution >= 0.6 is 11.6 Å². The van der Waals surface area contributed by atoms with Crippen molar-refractivity contribution in [3.63, 3.8) is 0 Å². The topological polar surface area (TPSA) is 120 Å². The van der Waals surface area contributed by atoms with Gasteiger partial charge >= 0.3 is 5.97 Å². The smallest absolute Gasteiger partial charge is 0.306 e. The average molecular weight is 533 g/mol. The summed E-state index contributed by atoms with van der Waals surface area (Å²) in [6, 6.07) is 7.19. The van der Waals surface area contributed by atoms with Gasteiger partial charge in [-0.15, -0.1) is 0 Å². The molecule has 8 nitrogen and oxygen atoms in total. The third kappa shape index (κ3) is 11.0. The maximum absolute atomic E-state index is 12.8. The number of halogens is 1. The second-order valence-electron chi connectivity index (χ2n) is 10.7. The van der Waals surface area contributed by atoms with Crippen molar-refractivity contribution in [3.05, 3.63) is 46.1 Å². The molecule has 0 aliphatic heterocycles. The minimum absolute atomic E-state index is 0.0239. The van der Waals surface area contributed by atoms with E-state index in [-0.39, 0.29) is 29.4 Å². The normalized spacial score (nSPS) is 15.8. The average Bonchev–Trinajstić information content (AvgIpc) is 2.83. The third-order valence-corrected chi connectivity index (χ3v) is 6.27. The molecule has 0 aromatic heterocycles. The largest absolute Gasteiger partial charge is 0.460 e. The molecular formula is C28H41ClN4O4. The maximum atomic E-state index is 12.8. The minimum atomic E-state index is -0.516. The number of allylic oxidation sites excluding steroid dienone is 1. The number of nitrogens with one attached hydrogen (secondary N) is 4. The Kier molecular flexibility index (Phi) is 11.6. The van der Waals surface area contributed by atoms with E-state index in [4.69, 9.17) is 21.7 Å². The van der Waals surface area contributed by atoms with Gasteiger partial charge in [-0.1, -0.05) is 37.6 Å². The van der Waals surface area contributed by atoms with Gasteiger partial charge in [-0.25, -0.2) is 0 Å². The Morgan fingerprint density at radius 3 is 2.41 bits per heavy atom. The van der Waals surface area contributed by atoms with Crippen molar-refractivity contribution in [1.29, 1.82) is 5.41 Å². The standard InChI is InChI=1S/C28H41ClN4O4/c1-18(2)26(35)32-15-14-31-23-16-19(9-13-24(34)37-28(3,4)5)8-12-22(23)25(30)27(36)33-17-20-6-10-21(29)11-7-20/h6-7,10-11,18-19,30-31H,8-9,12-17H2,1-5H3,(H,32,35)(H,33,36). The SMILES string of the molecule is CC(C)C(=O)NCCNC1=C(C(=N)C(=O)NCc2ccc(Cl)cc2)CCC(CCC(=O)OC(C)(C)C)C1. The van der Waals surface area contributed by atoms with Gasteiger partial charge in [0.1, 0.15) is 11.3 Å². The number of rotatable bonds is 12. The summed E-state index contributed by atoms with van der Waals surface area (Å²) in [6.45, 7) is 10.4. The van der Waals surface area contributed by atoms with Crippen LogP contribution in [0.25, 0.3) is 0 Å². The Balaban J connectivity index is 2.04. The molecule has 1 aromatic carbocycles. The lowest BCUT2D eigenvalue weighted by atomic mass is 9.82. The van der Waals surface area contributed by atoms with Crippen LogP contribution in [0.2, 0.25) is 5.02 Å². The lowest BCUT2D eigenvalue weighted by molar-refractivity contribution is -0.155. The van der Waals surface area contributed by atoms with Gasteiger partial charge in [0.25, 0.3) is 5.91 Å². The summed E-state index contributed by atoms with van der Waals surface area (Å²) < 4.78 is 5.44. The van der Waals surface area contributed by atoms with Crippen LogP contribution in [-0.2, 0) is 25.7 Å². The molecule has 2 rings (SSSR count). The van der Waals surface area contributed by atoms with Crippen molar-refractivity contribution < 1.29 is 19.1 Å². The fraction of sp³-hybridized carbons (Fsp3) is 0.571. The first-order valence-electron chi connectivity index (χ1n) is 12.9. The highest BCUT2D eigenvalue weighted by Gasteiger charge is 2.27. The molecule has 1 aromatic rings. The van der Waals surface area contributed by atoms with E-state index in [1.165, 1.54) is 0 Å². The highest BCUT2D eigenvalue weighted by Crippen LogP contribution is 2.32. The lowest BCUT2D eigenvalue weighted by Crippen LogP contribution is -2.37. The van der Waals surface area contributed by atoms with Gasteiger partial charge < -0.3 is 20.7 Å². The summed E-state index contributed by atoms with van der Waals surface area (Å²) in [5.41, 5.74) is 1.82. The van der Waals surface area contributed by atoms with Gasteiger partial charge in [0.2, 0.25) is 5.91 Å². The predicted octanol–water partition coefficient (Wildman–Crippen LogP) is 4.51. The van der Waals surface area contributed by atoms with E-state index < -0.39 is 11.5 Å². The van der Waals surface area contributed by atoms with Crippen LogP contribution in [0.5, 0.6) is 0 Å². The molecule has 4 N–H and O–H groups in total. The van der Waals surface area contributed by atoms with Crippen molar-refractivity contribution in [2.24, 2.45) is 11.8 Å². The van der Waals surface area contributed by atoms with Crippen LogP contribution in [0.4, 0.5) is 0 Å². The monoisotopic (exact) mass is 532 g/mol. The van der Waals surface area contributed by atoms with Gasteiger partial charge in [0.15, 0.2) is 0 Å². The number of carbonyl (C=O) groups is 3. The van der Waals surface area contributed by atoms with Crippen molar-refractivity contribution in [3.8, 4) is 0 Å². The van der Waals surface area contributed by atoms with E-state index in [9.17, 15) is 14.4 Å². The number of ether oxygens (including phenoxy) is 1. The number of hydrogen-bond donors (Lipinski definition) is 4. The summed E-state index contributed by atoms with van der Waals surface area (Å²) in [6.07, 6.45) is 2.97. The van der Waals surface area contributed by atoms with E-state index in [0.717, 1.165) is 17.7 Å². The Hall–Kier alpha value is -2.87. The summed E-state index contributed by atoms with van der Waals surface area (Å²) in [4.78, 5) is 36.9. The highest BCUT2D eigenvalue weighted by molar-refractivity contribution is 6.44. The van der Waals surface area contributed by atoms with Crippen molar-refractivity contribution >= 4 is 35.1 Å². The molecule has 1 atom stereocenters. The Bertz CT molecular complexity index is 996. The molecule has 204 valence electrons. The van der Waals surface area contributed by atoms with Crippen LogP contribution in [0.3, 0.4) is 0 Å². The minimum Gasteiger partial charge on any atom is -0.460 e. The molecule has 9 heteroatoms. The molecular weight excluding hydrogens is 492 g/mol. The zero-order valence-corrected chi connectivity index (χ0v) is 23.4. The molecule has 0 bridgehead atoms. The molecule has 0 fully saturated rings. The summed E-state index contributed by atoms with van der Waals surface area (Å²) >= 11 is 5.92. The number of carbonyl (C=O) groups excluding carboxylic acids is 3. The van der Waals surface area contributed by atoms with Crippen molar-refractivity contribution in [2.45, 2.75) is 78.9 Å². The summed E-state index contributed by atoms with van der Waals surface area (Å²) in [7, 11) is 0. The van der Waals surface area contributed by atoms with E-state index in [2.05, 4.69) is 16.0 Å². The van der Waals surface area contributed by atoms with Gasteiger partial charge in [-0.3, -0.25) is 19.8 Å². The number of amides is 2. The van der Waals surface area contributed by atoms with E-state index in [1.54, 1.807) is 12.1 Å². The van der Waals surface area contributed by atoms with Crippen molar-refractivity contribution in [2.75, 3.05) is 13.1 Å². The third-order valence-electron chi connectivity index (χ3n) is 6.02. The first-order valence-corrected chi connectivity index (χ1v) is 13.3. The zero-order valence-electron chi connectivity index (χ0n) is 22.6. The van der Waals surface area contributed by atoms with Crippen LogP contribution in [-0.4, -0.2) is 42.2 Å². The quantitative estimate of drug-likeness (QED) is 0.179. The lowest BCUT2D eigenvalue weighted by Gasteiger charge is -2.29. The first kappa shape index (κ1) is 30.4. The van der Waals surface area contributed by atoms with E-state index >= 15 is 0 Å². The number of benzene rings is 1. The second kappa shape index (κ2) is 14.2. The molecule has 0 radical (unpaired) electrons. The van der Waals surface area contributed by atoms with Crippen LogP contribution in [0.15, 0.2) is 35.5 Å². The summed E-state index contributed by atoms with van der Waals surface area (Å²) in [5.74, 6) is -0.551. The van der Waals surface area contributed by atoms with Gasteiger partial charge in [0, 0.05) is 48.3 Å². The molecule has 1 aliphatic carbocycles. The summed E-state index contributed by atoms with van der Waals surface area (Å²) in [5, 5.41) is 18.3. The van der Waals surface area contributed by atoms with Crippen LogP contribution < -0.4 is 16.0 Å². The highest BCUT2D eigenvalue weighted by atomic mass is 35.5. The van der Waals surface area contributed by atoms with Gasteiger partial charge in [-0.05, 0) is 70.1 Å². The molecule has 37 heavy (non-hydrogen) atoms. The van der Waals surface area contributed by atoms with E-state index in [0.29, 0.717) is 55.9 Å². The number of hydrogen-bond acceptors (Lipinski definition) is 6. The number of esters is 1. The Morgan fingerprint density at radius 2 is 1.78 bits per heavy atom. The van der Waals surface area contributed by atoms with Crippen LogP contribution in [0, 0.1) is 17.2 Å². The molecule has 0 saturated heterocycles. The first-order chi connectivity index (χ1) is 17.4. The van der Waals surface area contributed by atoms with E-state index in [1.807, 2.05) is 46.8 Å². The Labute approximate surface area is 225 Å². The molecule has 1 unspecified atom stereocenters. The fourth-order valence-electron chi connectivity index (χ4n) is 4.04. The molecule has 2 amide bonds. The zero-order chi connectivity index (χ0) is 27.6. The Morgan fingerprint density at radius 1 is 1.11 bits per heavy atom. The van der Waals surface area contributed by atoms with Crippen LogP contribution in [0.1, 0.15) is 72.3 Å². The maximum Gasteiger partial charge on any atom is 0.306 e. The molecule has 0 spiro atoms. The van der Waals surface area contributed by atoms with Crippen molar-refractivity contribution in [1.82, 2.24) is 16.0 Å². The molecule has 0 saturated carbocycles. The second-order valence-corrected chi connectivity index (χ2v) is 11.2. The fourth-order valence-corrected chi connectivity index (χ4v) is 4.17. The molecule has 1 aliphatic rings. The van der Waals surface area contributed by atoms with Gasteiger partial charge in [0.05, 0.1) is 0 Å². The van der Waals surface area contributed by atoms with Gasteiger partial charge in [-0.2, -0.15) is 0 Å². The molecule has 0 heterocycles.